The van der Waals surface area contributed by atoms with Crippen LogP contribution in [0.4, 0.5) is 0 Å². The normalized spacial score (nSPS) is 13.1. The Kier molecular flexibility index (Phi) is 2.59. The molecule has 3 rings (SSSR count). The minimum Gasteiger partial charge on any atom is -0.341 e. The fourth-order valence-electron chi connectivity index (χ4n) is 1.89. The van der Waals surface area contributed by atoms with Gasteiger partial charge in [-0.1, -0.05) is 12.1 Å². The molecule has 2 heterocycles. The molecule has 0 bridgehead atoms. The van der Waals surface area contributed by atoms with E-state index in [1.54, 1.807) is 0 Å². The van der Waals surface area contributed by atoms with Gasteiger partial charge >= 0.3 is 0 Å². The smallest absolute Gasteiger partial charge is 0.153 e. The summed E-state index contributed by atoms with van der Waals surface area (Å²) in [6, 6.07) is 7.91. The average Bonchev–Trinajstić information content (AvgIpc) is 2.94. The molecule has 0 spiro atoms. The molecular formula is C12H13N5S. The maximum absolute atomic E-state index is 4.59. The topological polar surface area (TPSA) is 59.4 Å². The highest BCUT2D eigenvalue weighted by Gasteiger charge is 2.19. The molecule has 1 unspecified atom stereocenters. The van der Waals surface area contributed by atoms with Gasteiger partial charge in [0.05, 0.1) is 11.0 Å². The summed E-state index contributed by atoms with van der Waals surface area (Å²) in [5, 5.41) is 7.97. The van der Waals surface area contributed by atoms with Gasteiger partial charge in [0, 0.05) is 7.05 Å². The summed E-state index contributed by atoms with van der Waals surface area (Å²) in [5.74, 6) is 2.44. The third-order valence-electron chi connectivity index (χ3n) is 3.04. The Morgan fingerprint density at radius 2 is 2.06 bits per heavy atom. The molecule has 1 aromatic carbocycles. The van der Waals surface area contributed by atoms with E-state index in [1.807, 2.05) is 42.8 Å². The van der Waals surface area contributed by atoms with E-state index in [1.165, 1.54) is 0 Å². The van der Waals surface area contributed by atoms with Gasteiger partial charge in [0.25, 0.3) is 0 Å². The quantitative estimate of drug-likeness (QED) is 0.692. The lowest BCUT2D eigenvalue weighted by atomic mass is 10.3. The van der Waals surface area contributed by atoms with Gasteiger partial charge in [-0.05, 0) is 19.1 Å². The highest BCUT2D eigenvalue weighted by atomic mass is 32.1. The number of hydrogen-bond acceptors (Lipinski definition) is 4. The zero-order valence-electron chi connectivity index (χ0n) is 10.1. The zero-order chi connectivity index (χ0) is 12.7. The molecule has 0 radical (unpaired) electrons. The highest BCUT2D eigenvalue weighted by molar-refractivity contribution is 7.80. The van der Waals surface area contributed by atoms with Gasteiger partial charge in [-0.2, -0.15) is 12.6 Å². The Hall–Kier alpha value is -1.82. The summed E-state index contributed by atoms with van der Waals surface area (Å²) in [5.41, 5.74) is 1.94. The molecule has 2 aromatic heterocycles. The first-order chi connectivity index (χ1) is 8.66. The van der Waals surface area contributed by atoms with Gasteiger partial charge in [-0.3, -0.25) is 0 Å². The summed E-state index contributed by atoms with van der Waals surface area (Å²) in [6.45, 7) is 1.91. The standard InChI is InChI=1S/C12H13N5S/c1-7-15-16-12(17(7)2)10(18)11-13-8-5-3-4-6-9(8)14-11/h3-6,10,18H,1-2H3,(H,13,14). The lowest BCUT2D eigenvalue weighted by molar-refractivity contribution is 0.777. The largest absolute Gasteiger partial charge is 0.341 e. The number of aromatic nitrogens is 5. The van der Waals surface area contributed by atoms with Crippen LogP contribution < -0.4 is 0 Å². The number of nitrogens with zero attached hydrogens (tertiary/aromatic N) is 4. The van der Waals surface area contributed by atoms with E-state index in [2.05, 4.69) is 32.8 Å². The van der Waals surface area contributed by atoms with Crippen molar-refractivity contribution in [3.8, 4) is 0 Å². The average molecular weight is 259 g/mol. The molecule has 0 saturated carbocycles. The summed E-state index contributed by atoms with van der Waals surface area (Å²) in [4.78, 5) is 7.79. The van der Waals surface area contributed by atoms with Gasteiger partial charge in [0.15, 0.2) is 5.82 Å². The lowest BCUT2D eigenvalue weighted by Crippen LogP contribution is -2.05. The SMILES string of the molecule is Cc1nnc(C(S)c2nc3ccccc3[nH]2)n1C. The van der Waals surface area contributed by atoms with Crippen LogP contribution in [0.1, 0.15) is 22.7 Å². The number of aryl methyl sites for hydroxylation is 1. The first kappa shape index (κ1) is 11.3. The van der Waals surface area contributed by atoms with E-state index in [-0.39, 0.29) is 5.25 Å². The highest BCUT2D eigenvalue weighted by Crippen LogP contribution is 2.26. The molecular weight excluding hydrogens is 246 g/mol. The number of imidazole rings is 1. The molecule has 0 aliphatic rings. The second-order valence-corrected chi connectivity index (χ2v) is 4.72. The molecule has 5 nitrogen and oxygen atoms in total. The third-order valence-corrected chi connectivity index (χ3v) is 3.51. The number of aromatic amines is 1. The molecule has 3 aromatic rings. The van der Waals surface area contributed by atoms with Crippen LogP contribution in [-0.2, 0) is 7.05 Å². The minimum atomic E-state index is -0.205. The van der Waals surface area contributed by atoms with E-state index in [0.717, 1.165) is 28.5 Å². The number of para-hydroxylation sites is 2. The van der Waals surface area contributed by atoms with Crippen LogP contribution in [0.3, 0.4) is 0 Å². The molecule has 0 saturated heterocycles. The summed E-state index contributed by atoms with van der Waals surface area (Å²) < 4.78 is 1.92. The van der Waals surface area contributed by atoms with Crippen molar-refractivity contribution in [1.29, 1.82) is 0 Å². The second kappa shape index (κ2) is 4.13. The van der Waals surface area contributed by atoms with Gasteiger partial charge in [0.1, 0.15) is 16.9 Å². The number of H-pyrrole nitrogens is 1. The van der Waals surface area contributed by atoms with Crippen LogP contribution in [0, 0.1) is 6.92 Å². The third kappa shape index (κ3) is 1.69. The van der Waals surface area contributed by atoms with Crippen molar-refractivity contribution in [3.05, 3.63) is 41.7 Å². The summed E-state index contributed by atoms with van der Waals surface area (Å²) >= 11 is 4.59. The van der Waals surface area contributed by atoms with Gasteiger partial charge in [-0.15, -0.1) is 10.2 Å². The minimum absolute atomic E-state index is 0.205. The Morgan fingerprint density at radius 3 is 2.72 bits per heavy atom. The Morgan fingerprint density at radius 1 is 1.28 bits per heavy atom. The van der Waals surface area contributed by atoms with Crippen molar-refractivity contribution in [2.75, 3.05) is 0 Å². The molecule has 0 amide bonds. The van der Waals surface area contributed by atoms with Crippen molar-refractivity contribution < 1.29 is 0 Å². The van der Waals surface area contributed by atoms with E-state index >= 15 is 0 Å². The van der Waals surface area contributed by atoms with E-state index in [4.69, 9.17) is 0 Å². The lowest BCUT2D eigenvalue weighted by Gasteiger charge is -2.06. The van der Waals surface area contributed by atoms with Crippen LogP contribution >= 0.6 is 12.6 Å². The summed E-state index contributed by atoms with van der Waals surface area (Å²) in [6.07, 6.45) is 0. The maximum Gasteiger partial charge on any atom is 0.153 e. The van der Waals surface area contributed by atoms with E-state index in [0.29, 0.717) is 0 Å². The van der Waals surface area contributed by atoms with Crippen molar-refractivity contribution in [2.45, 2.75) is 12.2 Å². The van der Waals surface area contributed by atoms with Crippen molar-refractivity contribution in [2.24, 2.45) is 7.05 Å². The van der Waals surface area contributed by atoms with Crippen LogP contribution in [-0.4, -0.2) is 24.7 Å². The molecule has 0 aliphatic heterocycles. The number of thiol groups is 1. The Balaban J connectivity index is 2.06. The first-order valence-corrected chi connectivity index (χ1v) is 6.17. The van der Waals surface area contributed by atoms with Crippen LogP contribution in [0.25, 0.3) is 11.0 Å². The molecule has 1 N–H and O–H groups in total. The maximum atomic E-state index is 4.59. The van der Waals surface area contributed by atoms with Crippen LogP contribution in [0.15, 0.2) is 24.3 Å². The van der Waals surface area contributed by atoms with Gasteiger partial charge in [0.2, 0.25) is 0 Å². The first-order valence-electron chi connectivity index (χ1n) is 5.65. The monoisotopic (exact) mass is 259 g/mol. The molecule has 18 heavy (non-hydrogen) atoms. The van der Waals surface area contributed by atoms with Crippen molar-refractivity contribution >= 4 is 23.7 Å². The van der Waals surface area contributed by atoms with Crippen LogP contribution in [0.2, 0.25) is 0 Å². The van der Waals surface area contributed by atoms with E-state index < -0.39 is 0 Å². The number of rotatable bonds is 2. The van der Waals surface area contributed by atoms with Crippen LogP contribution in [0.5, 0.6) is 0 Å². The van der Waals surface area contributed by atoms with Gasteiger partial charge < -0.3 is 9.55 Å². The number of hydrogen-bond donors (Lipinski definition) is 2. The molecule has 0 fully saturated rings. The molecule has 6 heteroatoms. The Bertz CT molecular complexity index is 666. The Labute approximate surface area is 110 Å². The summed E-state index contributed by atoms with van der Waals surface area (Å²) in [7, 11) is 1.93. The number of fused-ring (bicyclic) bond motifs is 1. The predicted octanol–water partition coefficient (Wildman–Crippen LogP) is 2.02. The van der Waals surface area contributed by atoms with Gasteiger partial charge in [-0.25, -0.2) is 4.98 Å². The van der Waals surface area contributed by atoms with Crippen molar-refractivity contribution in [3.63, 3.8) is 0 Å². The fraction of sp³-hybridized carbons (Fsp3) is 0.250. The fourth-order valence-corrected chi connectivity index (χ4v) is 2.23. The predicted molar refractivity (Wildman–Crippen MR) is 72.7 cm³/mol. The second-order valence-electron chi connectivity index (χ2n) is 4.21. The molecule has 0 aliphatic carbocycles. The number of nitrogens with one attached hydrogen (secondary N) is 1. The molecule has 92 valence electrons. The molecule has 1 atom stereocenters. The van der Waals surface area contributed by atoms with Crippen molar-refractivity contribution in [1.82, 2.24) is 24.7 Å². The van der Waals surface area contributed by atoms with E-state index in [9.17, 15) is 0 Å². The number of benzene rings is 1. The zero-order valence-corrected chi connectivity index (χ0v) is 11.0.